The molecular weight excluding hydrogens is 214 g/mol. The van der Waals surface area contributed by atoms with E-state index in [1.165, 1.54) is 0 Å². The fourth-order valence-electron chi connectivity index (χ4n) is 1.78. The molecule has 1 aromatic heterocycles. The summed E-state index contributed by atoms with van der Waals surface area (Å²) in [6.07, 6.45) is 3.58. The van der Waals surface area contributed by atoms with Crippen molar-refractivity contribution in [3.8, 4) is 5.69 Å². The summed E-state index contributed by atoms with van der Waals surface area (Å²) in [6, 6.07) is 8.15. The normalized spacial score (nSPS) is 12.6. The van der Waals surface area contributed by atoms with Gasteiger partial charge in [0.25, 0.3) is 0 Å². The SMILES string of the molecule is COCc1ccc(-n2cncc2[C@H](C)N)cc1. The molecular formula is C13H17N3O. The van der Waals surface area contributed by atoms with E-state index in [1.807, 2.05) is 35.8 Å². The molecule has 1 atom stereocenters. The van der Waals surface area contributed by atoms with Crippen LogP contribution >= 0.6 is 0 Å². The average molecular weight is 231 g/mol. The summed E-state index contributed by atoms with van der Waals surface area (Å²) >= 11 is 0. The van der Waals surface area contributed by atoms with Gasteiger partial charge in [-0.2, -0.15) is 0 Å². The Morgan fingerprint density at radius 2 is 2.06 bits per heavy atom. The van der Waals surface area contributed by atoms with Crippen molar-refractivity contribution in [2.45, 2.75) is 19.6 Å². The smallest absolute Gasteiger partial charge is 0.0994 e. The van der Waals surface area contributed by atoms with Crippen molar-refractivity contribution in [2.75, 3.05) is 7.11 Å². The lowest BCUT2D eigenvalue weighted by Crippen LogP contribution is -2.10. The maximum Gasteiger partial charge on any atom is 0.0994 e. The first-order chi connectivity index (χ1) is 8.22. The van der Waals surface area contributed by atoms with E-state index in [-0.39, 0.29) is 6.04 Å². The van der Waals surface area contributed by atoms with Gasteiger partial charge >= 0.3 is 0 Å². The Hall–Kier alpha value is -1.65. The Balaban J connectivity index is 2.30. The summed E-state index contributed by atoms with van der Waals surface area (Å²) in [5.41, 5.74) is 9.11. The number of hydrogen-bond acceptors (Lipinski definition) is 3. The third-order valence-corrected chi connectivity index (χ3v) is 2.66. The van der Waals surface area contributed by atoms with Gasteiger partial charge in [-0.15, -0.1) is 0 Å². The van der Waals surface area contributed by atoms with E-state index in [0.29, 0.717) is 6.61 Å². The van der Waals surface area contributed by atoms with Gasteiger partial charge in [0.2, 0.25) is 0 Å². The molecule has 2 aromatic rings. The molecule has 0 radical (unpaired) electrons. The second-order valence-corrected chi connectivity index (χ2v) is 4.08. The van der Waals surface area contributed by atoms with Crippen LogP contribution < -0.4 is 5.73 Å². The fourth-order valence-corrected chi connectivity index (χ4v) is 1.78. The van der Waals surface area contributed by atoms with Crippen LogP contribution in [0.5, 0.6) is 0 Å². The largest absolute Gasteiger partial charge is 0.380 e. The van der Waals surface area contributed by atoms with Gasteiger partial charge in [-0.3, -0.25) is 0 Å². The Kier molecular flexibility index (Phi) is 3.56. The van der Waals surface area contributed by atoms with Crippen LogP contribution in [-0.4, -0.2) is 16.7 Å². The molecule has 0 saturated carbocycles. The maximum atomic E-state index is 5.89. The van der Waals surface area contributed by atoms with Gasteiger partial charge in [0.1, 0.15) is 0 Å². The number of imidazole rings is 1. The van der Waals surface area contributed by atoms with Crippen LogP contribution in [0.3, 0.4) is 0 Å². The van der Waals surface area contributed by atoms with Gasteiger partial charge in [0.05, 0.1) is 24.8 Å². The number of methoxy groups -OCH3 is 1. The highest BCUT2D eigenvalue weighted by Crippen LogP contribution is 2.16. The Morgan fingerprint density at radius 1 is 1.35 bits per heavy atom. The van der Waals surface area contributed by atoms with E-state index >= 15 is 0 Å². The molecule has 0 aliphatic carbocycles. The number of aromatic nitrogens is 2. The summed E-state index contributed by atoms with van der Waals surface area (Å²) in [5, 5.41) is 0. The topological polar surface area (TPSA) is 53.1 Å². The zero-order valence-corrected chi connectivity index (χ0v) is 10.1. The van der Waals surface area contributed by atoms with E-state index in [9.17, 15) is 0 Å². The molecule has 0 fully saturated rings. The Bertz CT molecular complexity index is 474. The summed E-state index contributed by atoms with van der Waals surface area (Å²) in [5.74, 6) is 0. The molecule has 17 heavy (non-hydrogen) atoms. The van der Waals surface area contributed by atoms with Gasteiger partial charge in [-0.05, 0) is 24.6 Å². The van der Waals surface area contributed by atoms with Crippen molar-refractivity contribution in [3.05, 3.63) is 48.0 Å². The van der Waals surface area contributed by atoms with Gasteiger partial charge in [-0.25, -0.2) is 4.98 Å². The number of rotatable bonds is 4. The van der Waals surface area contributed by atoms with Crippen LogP contribution in [0.15, 0.2) is 36.8 Å². The molecule has 0 saturated heterocycles. The number of ether oxygens (including phenoxy) is 1. The molecule has 0 unspecified atom stereocenters. The number of nitrogens with two attached hydrogens (primary N) is 1. The first kappa shape index (κ1) is 11.8. The highest BCUT2D eigenvalue weighted by Gasteiger charge is 2.07. The van der Waals surface area contributed by atoms with Crippen molar-refractivity contribution in [2.24, 2.45) is 5.73 Å². The minimum atomic E-state index is -0.0313. The molecule has 4 nitrogen and oxygen atoms in total. The lowest BCUT2D eigenvalue weighted by Gasteiger charge is -2.11. The van der Waals surface area contributed by atoms with E-state index < -0.39 is 0 Å². The minimum Gasteiger partial charge on any atom is -0.380 e. The molecule has 0 amide bonds. The monoisotopic (exact) mass is 231 g/mol. The quantitative estimate of drug-likeness (QED) is 0.876. The van der Waals surface area contributed by atoms with Crippen LogP contribution in [-0.2, 0) is 11.3 Å². The van der Waals surface area contributed by atoms with Crippen molar-refractivity contribution >= 4 is 0 Å². The van der Waals surface area contributed by atoms with E-state index in [4.69, 9.17) is 10.5 Å². The Labute approximate surface area is 101 Å². The second kappa shape index (κ2) is 5.12. The van der Waals surface area contributed by atoms with E-state index in [1.54, 1.807) is 19.6 Å². The van der Waals surface area contributed by atoms with Crippen LogP contribution in [0.2, 0.25) is 0 Å². The molecule has 2 N–H and O–H groups in total. The van der Waals surface area contributed by atoms with Gasteiger partial charge in [0, 0.05) is 18.8 Å². The van der Waals surface area contributed by atoms with Crippen LogP contribution in [0.25, 0.3) is 5.69 Å². The zero-order chi connectivity index (χ0) is 12.3. The van der Waals surface area contributed by atoms with Crippen molar-refractivity contribution in [3.63, 3.8) is 0 Å². The standard InChI is InChI=1S/C13H17N3O/c1-10(14)13-7-15-9-16(13)12-5-3-11(4-6-12)8-17-2/h3-7,9-10H,8,14H2,1-2H3/t10-/m0/s1. The molecule has 1 heterocycles. The molecule has 4 heteroatoms. The molecule has 0 bridgehead atoms. The third-order valence-electron chi connectivity index (χ3n) is 2.66. The highest BCUT2D eigenvalue weighted by atomic mass is 16.5. The zero-order valence-electron chi connectivity index (χ0n) is 10.1. The number of benzene rings is 1. The first-order valence-electron chi connectivity index (χ1n) is 5.58. The van der Waals surface area contributed by atoms with Crippen LogP contribution in [0, 0.1) is 0 Å². The molecule has 90 valence electrons. The van der Waals surface area contributed by atoms with Crippen LogP contribution in [0.4, 0.5) is 0 Å². The third kappa shape index (κ3) is 2.54. The fraction of sp³-hybridized carbons (Fsp3) is 0.308. The van der Waals surface area contributed by atoms with Crippen molar-refractivity contribution in [1.29, 1.82) is 0 Å². The van der Waals surface area contributed by atoms with E-state index in [2.05, 4.69) is 4.98 Å². The minimum absolute atomic E-state index is 0.0313. The average Bonchev–Trinajstić information content (AvgIpc) is 2.79. The van der Waals surface area contributed by atoms with Gasteiger partial charge < -0.3 is 15.0 Å². The highest BCUT2D eigenvalue weighted by molar-refractivity contribution is 5.36. The molecule has 0 aliphatic heterocycles. The summed E-state index contributed by atoms with van der Waals surface area (Å²) in [6.45, 7) is 2.58. The Morgan fingerprint density at radius 3 is 2.65 bits per heavy atom. The lowest BCUT2D eigenvalue weighted by atomic mass is 10.2. The molecule has 1 aromatic carbocycles. The van der Waals surface area contributed by atoms with Gasteiger partial charge in [0.15, 0.2) is 0 Å². The predicted octanol–water partition coefficient (Wildman–Crippen LogP) is 2.04. The lowest BCUT2D eigenvalue weighted by molar-refractivity contribution is 0.185. The van der Waals surface area contributed by atoms with Crippen LogP contribution in [0.1, 0.15) is 24.2 Å². The predicted molar refractivity (Wildman–Crippen MR) is 66.9 cm³/mol. The van der Waals surface area contributed by atoms with Crippen molar-refractivity contribution < 1.29 is 4.74 Å². The van der Waals surface area contributed by atoms with Crippen molar-refractivity contribution in [1.82, 2.24) is 9.55 Å². The summed E-state index contributed by atoms with van der Waals surface area (Å²) < 4.78 is 7.08. The summed E-state index contributed by atoms with van der Waals surface area (Å²) in [7, 11) is 1.69. The second-order valence-electron chi connectivity index (χ2n) is 4.08. The number of hydrogen-bond donors (Lipinski definition) is 1. The molecule has 0 aliphatic rings. The maximum absolute atomic E-state index is 5.89. The first-order valence-corrected chi connectivity index (χ1v) is 5.58. The summed E-state index contributed by atoms with van der Waals surface area (Å²) in [4.78, 5) is 4.14. The van der Waals surface area contributed by atoms with Gasteiger partial charge in [-0.1, -0.05) is 12.1 Å². The van der Waals surface area contributed by atoms with E-state index in [0.717, 1.165) is 16.9 Å². The molecule has 0 spiro atoms. The number of nitrogens with zero attached hydrogens (tertiary/aromatic N) is 2. The molecule has 2 rings (SSSR count).